The Labute approximate surface area is 182 Å². The lowest BCUT2D eigenvalue weighted by Gasteiger charge is -2.18. The van der Waals surface area contributed by atoms with E-state index < -0.39 is 11.7 Å². The van der Waals surface area contributed by atoms with Crippen LogP contribution in [0.15, 0.2) is 54.6 Å². The summed E-state index contributed by atoms with van der Waals surface area (Å²) in [5, 5.41) is 3.54. The first-order chi connectivity index (χ1) is 14.8. The zero-order chi connectivity index (χ0) is 22.0. The molecule has 1 unspecified atom stereocenters. The van der Waals surface area contributed by atoms with Gasteiger partial charge in [-0.1, -0.05) is 30.3 Å². The smallest absolute Gasteiger partial charge is 0.371 e. The van der Waals surface area contributed by atoms with E-state index in [1.165, 1.54) is 29.2 Å². The minimum Gasteiger partial charge on any atom is -0.371 e. The molecule has 8 heteroatoms. The number of benzene rings is 2. The van der Waals surface area contributed by atoms with Crippen LogP contribution in [0.1, 0.15) is 27.3 Å². The average molecular weight is 446 g/mol. The van der Waals surface area contributed by atoms with Crippen LogP contribution in [-0.2, 0) is 6.18 Å². The van der Waals surface area contributed by atoms with Crippen LogP contribution in [0.4, 0.5) is 18.9 Å². The first kappa shape index (κ1) is 21.4. The van der Waals surface area contributed by atoms with Gasteiger partial charge in [0.1, 0.15) is 9.88 Å². The minimum absolute atomic E-state index is 0.189. The van der Waals surface area contributed by atoms with E-state index >= 15 is 0 Å². The summed E-state index contributed by atoms with van der Waals surface area (Å²) in [4.78, 5) is 19.9. The molecule has 0 bridgehead atoms. The molecule has 1 fully saturated rings. The van der Waals surface area contributed by atoms with Crippen molar-refractivity contribution in [2.24, 2.45) is 5.92 Å². The highest BCUT2D eigenvalue weighted by Gasteiger charge is 2.30. The van der Waals surface area contributed by atoms with E-state index in [0.717, 1.165) is 31.6 Å². The molecule has 31 heavy (non-hydrogen) atoms. The molecule has 1 aliphatic heterocycles. The summed E-state index contributed by atoms with van der Waals surface area (Å²) in [6.07, 6.45) is -3.37. The Morgan fingerprint density at radius 1 is 1.16 bits per heavy atom. The average Bonchev–Trinajstić information content (AvgIpc) is 3.39. The molecule has 1 aromatic heterocycles. The number of carbonyl (C=O) groups excluding carboxylic acids is 1. The van der Waals surface area contributed by atoms with E-state index in [1.54, 1.807) is 6.92 Å². The number of amides is 1. The maximum absolute atomic E-state index is 12.8. The van der Waals surface area contributed by atoms with Crippen molar-refractivity contribution in [3.05, 3.63) is 70.7 Å². The standard InChI is InChI=1S/C23H22F3N3OS/c1-15-20(31-22(28-15)17-7-9-18(10-8-17)23(24,25)26)21(30)27-13-16-11-12-29(14-16)19-5-3-2-4-6-19/h2-10,16H,11-14H2,1H3,(H,27,30). The van der Waals surface area contributed by atoms with Gasteiger partial charge in [0.05, 0.1) is 11.3 Å². The fourth-order valence-electron chi connectivity index (χ4n) is 3.72. The van der Waals surface area contributed by atoms with Gasteiger partial charge in [0, 0.05) is 30.9 Å². The van der Waals surface area contributed by atoms with Crippen LogP contribution in [0.5, 0.6) is 0 Å². The molecule has 1 aliphatic rings. The molecule has 162 valence electrons. The molecular formula is C23H22F3N3OS. The van der Waals surface area contributed by atoms with Gasteiger partial charge in [-0.05, 0) is 43.5 Å². The topological polar surface area (TPSA) is 45.2 Å². The van der Waals surface area contributed by atoms with E-state index in [-0.39, 0.29) is 5.91 Å². The second-order valence-electron chi connectivity index (χ2n) is 7.65. The van der Waals surface area contributed by atoms with E-state index in [1.807, 2.05) is 18.2 Å². The maximum Gasteiger partial charge on any atom is 0.416 e. The van der Waals surface area contributed by atoms with Crippen LogP contribution >= 0.6 is 11.3 Å². The molecule has 4 nitrogen and oxygen atoms in total. The summed E-state index contributed by atoms with van der Waals surface area (Å²) in [6, 6.07) is 15.0. The predicted molar refractivity (Wildman–Crippen MR) is 116 cm³/mol. The van der Waals surface area contributed by atoms with Crippen molar-refractivity contribution in [1.29, 1.82) is 0 Å². The largest absolute Gasteiger partial charge is 0.416 e. The molecule has 1 amide bonds. The van der Waals surface area contributed by atoms with Gasteiger partial charge >= 0.3 is 6.18 Å². The normalized spacial score (nSPS) is 16.5. The Morgan fingerprint density at radius 2 is 1.87 bits per heavy atom. The van der Waals surface area contributed by atoms with Gasteiger partial charge in [0.2, 0.25) is 0 Å². The number of aromatic nitrogens is 1. The van der Waals surface area contributed by atoms with E-state index in [2.05, 4.69) is 27.3 Å². The molecule has 2 heterocycles. The quantitative estimate of drug-likeness (QED) is 0.573. The number of nitrogens with one attached hydrogen (secondary N) is 1. The summed E-state index contributed by atoms with van der Waals surface area (Å²) in [6.45, 7) is 4.17. The number of halogens is 3. The minimum atomic E-state index is -4.38. The van der Waals surface area contributed by atoms with E-state index in [0.29, 0.717) is 33.6 Å². The Kier molecular flexibility index (Phi) is 6.00. The molecule has 1 saturated heterocycles. The van der Waals surface area contributed by atoms with Gasteiger partial charge in [0.15, 0.2) is 0 Å². The number of carbonyl (C=O) groups is 1. The summed E-state index contributed by atoms with van der Waals surface area (Å²) in [7, 11) is 0. The first-order valence-electron chi connectivity index (χ1n) is 10.0. The zero-order valence-electron chi connectivity index (χ0n) is 16.9. The van der Waals surface area contributed by atoms with Crippen molar-refractivity contribution in [1.82, 2.24) is 10.3 Å². The Morgan fingerprint density at radius 3 is 2.55 bits per heavy atom. The Balaban J connectivity index is 1.37. The predicted octanol–water partition coefficient (Wildman–Crippen LogP) is 5.39. The lowest BCUT2D eigenvalue weighted by molar-refractivity contribution is -0.137. The van der Waals surface area contributed by atoms with Crippen LogP contribution in [-0.4, -0.2) is 30.5 Å². The molecule has 1 atom stereocenters. The highest BCUT2D eigenvalue weighted by atomic mass is 32.1. The third kappa shape index (κ3) is 4.90. The van der Waals surface area contributed by atoms with E-state index in [9.17, 15) is 18.0 Å². The fourth-order valence-corrected chi connectivity index (χ4v) is 4.71. The molecule has 2 aromatic carbocycles. The van der Waals surface area contributed by atoms with Crippen molar-refractivity contribution in [2.75, 3.05) is 24.5 Å². The Bertz CT molecular complexity index is 1050. The number of nitrogens with zero attached hydrogens (tertiary/aromatic N) is 2. The number of hydrogen-bond donors (Lipinski definition) is 1. The van der Waals surface area contributed by atoms with Gasteiger partial charge in [-0.2, -0.15) is 13.2 Å². The zero-order valence-corrected chi connectivity index (χ0v) is 17.8. The number of rotatable bonds is 5. The SMILES string of the molecule is Cc1nc(-c2ccc(C(F)(F)F)cc2)sc1C(=O)NCC1CCN(c2ccccc2)C1. The van der Waals surface area contributed by atoms with Gasteiger partial charge in [-0.15, -0.1) is 11.3 Å². The maximum atomic E-state index is 12.8. The van der Waals surface area contributed by atoms with Crippen molar-refractivity contribution in [3.63, 3.8) is 0 Å². The fraction of sp³-hybridized carbons (Fsp3) is 0.304. The number of para-hydroxylation sites is 1. The molecule has 1 N–H and O–H groups in total. The van der Waals surface area contributed by atoms with Gasteiger partial charge in [-0.25, -0.2) is 4.98 Å². The molecule has 3 aromatic rings. The number of aryl methyl sites for hydroxylation is 1. The van der Waals surface area contributed by atoms with Gasteiger partial charge in [-0.3, -0.25) is 4.79 Å². The van der Waals surface area contributed by atoms with Crippen LogP contribution < -0.4 is 10.2 Å². The third-order valence-corrected chi connectivity index (χ3v) is 6.63. The molecule has 0 saturated carbocycles. The molecule has 4 rings (SSSR count). The summed E-state index contributed by atoms with van der Waals surface area (Å²) in [5.41, 5.74) is 1.63. The number of alkyl halides is 3. The van der Waals surface area contributed by atoms with Gasteiger partial charge in [0.25, 0.3) is 5.91 Å². The molecular weight excluding hydrogens is 423 g/mol. The van der Waals surface area contributed by atoms with Crippen LogP contribution in [0.3, 0.4) is 0 Å². The highest BCUT2D eigenvalue weighted by Crippen LogP contribution is 2.33. The lowest BCUT2D eigenvalue weighted by atomic mass is 10.1. The number of thiazole rings is 1. The van der Waals surface area contributed by atoms with Crippen molar-refractivity contribution in [3.8, 4) is 10.6 Å². The monoisotopic (exact) mass is 445 g/mol. The lowest BCUT2D eigenvalue weighted by Crippen LogP contribution is -2.30. The highest BCUT2D eigenvalue weighted by molar-refractivity contribution is 7.17. The van der Waals surface area contributed by atoms with Crippen LogP contribution in [0.25, 0.3) is 10.6 Å². The second kappa shape index (κ2) is 8.70. The third-order valence-electron chi connectivity index (χ3n) is 5.42. The summed E-state index contributed by atoms with van der Waals surface area (Å²) >= 11 is 1.20. The Hall–Kier alpha value is -2.87. The first-order valence-corrected chi connectivity index (χ1v) is 10.9. The second-order valence-corrected chi connectivity index (χ2v) is 8.65. The van der Waals surface area contributed by atoms with Crippen LogP contribution in [0.2, 0.25) is 0 Å². The number of anilines is 1. The summed E-state index contributed by atoms with van der Waals surface area (Å²) in [5.74, 6) is 0.179. The van der Waals surface area contributed by atoms with Crippen molar-refractivity contribution < 1.29 is 18.0 Å². The number of hydrogen-bond acceptors (Lipinski definition) is 4. The summed E-state index contributed by atoms with van der Waals surface area (Å²) < 4.78 is 38.3. The van der Waals surface area contributed by atoms with Gasteiger partial charge < -0.3 is 10.2 Å². The molecule has 0 aliphatic carbocycles. The van der Waals surface area contributed by atoms with Crippen molar-refractivity contribution >= 4 is 22.9 Å². The molecule has 0 radical (unpaired) electrons. The van der Waals surface area contributed by atoms with Crippen molar-refractivity contribution in [2.45, 2.75) is 19.5 Å². The van der Waals surface area contributed by atoms with Crippen LogP contribution in [0, 0.1) is 12.8 Å². The van der Waals surface area contributed by atoms with E-state index in [4.69, 9.17) is 0 Å². The molecule has 0 spiro atoms.